The van der Waals surface area contributed by atoms with Crippen LogP contribution in [0.4, 0.5) is 4.20 Å². The molecule has 64 valence electrons. The molecule has 7 nitrogen and oxygen atoms in total. The molecule has 0 heterocycles. The van der Waals surface area contributed by atoms with Gasteiger partial charge in [0.2, 0.25) is 0 Å². The smallest absolute Gasteiger partial charge is 0.822 e. The van der Waals surface area contributed by atoms with E-state index in [9.17, 15) is 4.20 Å². The summed E-state index contributed by atoms with van der Waals surface area (Å²) >= 11 is 0. The summed E-state index contributed by atoms with van der Waals surface area (Å²) in [5.41, 5.74) is 0. The minimum atomic E-state index is -5.64. The van der Waals surface area contributed by atoms with Crippen molar-refractivity contribution in [2.45, 2.75) is 0 Å². The van der Waals surface area contributed by atoms with Crippen LogP contribution in [-0.4, -0.2) is 0 Å². The third-order valence-electron chi connectivity index (χ3n) is 0. The first-order valence-electron chi connectivity index (χ1n) is 1.45. The monoisotopic (exact) mass is 251 g/mol. The van der Waals surface area contributed by atoms with Crippen LogP contribution in [0.5, 0.6) is 0 Å². The van der Waals surface area contributed by atoms with E-state index in [-0.39, 0.29) is 37.4 Å². The van der Waals surface area contributed by atoms with Crippen molar-refractivity contribution in [2.75, 3.05) is 0 Å². The van der Waals surface area contributed by atoms with E-state index in [1.54, 1.807) is 0 Å². The van der Waals surface area contributed by atoms with E-state index in [1.807, 2.05) is 0 Å². The van der Waals surface area contributed by atoms with Gasteiger partial charge in [-0.3, -0.25) is 0 Å². The molecule has 0 aliphatic heterocycles. The van der Waals surface area contributed by atoms with Crippen molar-refractivity contribution in [1.29, 1.82) is 0 Å². The first kappa shape index (κ1) is 23.3. The molecule has 0 saturated heterocycles. The molecule has 0 radical (unpaired) electrons. The van der Waals surface area contributed by atoms with Gasteiger partial charge in [-0.15, -0.1) is 0 Å². The average molecular weight is 251 g/mol. The van der Waals surface area contributed by atoms with Gasteiger partial charge in [-0.25, -0.2) is 4.20 Å². The normalized spacial score (nSPS) is 9.83. The van der Waals surface area contributed by atoms with Gasteiger partial charge in [0, 0.05) is 0 Å². The van der Waals surface area contributed by atoms with Gasteiger partial charge in [0.1, 0.15) is 7.91 Å². The van der Waals surface area contributed by atoms with Gasteiger partial charge in [0.05, 0.1) is 0 Å². The molecule has 0 fully saturated rings. The van der Waals surface area contributed by atoms with Crippen molar-refractivity contribution in [3.05, 3.63) is 0 Å². The van der Waals surface area contributed by atoms with Crippen LogP contribution in [0.3, 0.4) is 0 Å². The van der Waals surface area contributed by atoms with Gasteiger partial charge >= 0.3 is 37.4 Å². The molecule has 0 atom stereocenters. The fourth-order valence-corrected chi connectivity index (χ4v) is 0. The molecule has 0 unspecified atom stereocenters. The molecule has 0 N–H and O–H groups in total. The van der Waals surface area contributed by atoms with Crippen molar-refractivity contribution in [2.24, 2.45) is 0 Å². The summed E-state index contributed by atoms with van der Waals surface area (Å²) in [5, 5.41) is 0. The van der Waals surface area contributed by atoms with Crippen LogP contribution < -0.4 is 43.3 Å². The fraction of sp³-hybridized carbons (Fsp3) is 0. The summed E-state index contributed by atoms with van der Waals surface area (Å²) in [6.07, 6.45) is 0. The van der Waals surface area contributed by atoms with E-state index in [4.69, 9.17) is 33.6 Å². The maximum atomic E-state index is 10.1. The van der Waals surface area contributed by atoms with Crippen LogP contribution in [0.15, 0.2) is 0 Å². The molecule has 0 bridgehead atoms. The average Bonchev–Trinajstić information content (AvgIpc) is 1.12. The molecule has 0 rings (SSSR count). The molecule has 0 aromatic heterocycles. The van der Waals surface area contributed by atoms with E-state index >= 15 is 0 Å². The summed E-state index contributed by atoms with van der Waals surface area (Å²) in [6, 6.07) is 0. The summed E-state index contributed by atoms with van der Waals surface area (Å²) in [6.45, 7) is 0. The summed E-state index contributed by atoms with van der Waals surface area (Å²) in [4.78, 5) is 42.5. The first-order chi connectivity index (χ1) is 4.00. The Balaban J connectivity index is -0.0000000457. The van der Waals surface area contributed by atoms with Crippen molar-refractivity contribution < 1.29 is 75.2 Å². The largest absolute Gasteiger partial charge is 5.00 e. The third-order valence-corrected chi connectivity index (χ3v) is 0. The summed E-state index contributed by atoms with van der Waals surface area (Å²) < 4.78 is 27.1. The molecule has 0 saturated carbocycles. The van der Waals surface area contributed by atoms with Gasteiger partial charge in [-0.2, -0.15) is 7.82 Å². The van der Waals surface area contributed by atoms with E-state index < -0.39 is 15.7 Å². The number of phosphoric acid groups is 1. The SMILES string of the molecule is O=P([O-])([O-])F.O=P([O-])([O-])[O-].[Li+].[V+5]. The van der Waals surface area contributed by atoms with Crippen LogP contribution in [-0.2, 0) is 27.7 Å². The molecular weight excluding hydrogens is 251 g/mol. The van der Waals surface area contributed by atoms with Gasteiger partial charge in [0.25, 0.3) is 0 Å². The van der Waals surface area contributed by atoms with Crippen LogP contribution >= 0.6 is 15.7 Å². The van der Waals surface area contributed by atoms with Crippen molar-refractivity contribution in [1.82, 2.24) is 0 Å². The zero-order valence-corrected chi connectivity index (χ0v) is 8.76. The predicted molar refractivity (Wildman–Crippen MR) is 16.3 cm³/mol. The second-order valence-electron chi connectivity index (χ2n) is 0.878. The molecule has 0 aliphatic carbocycles. The van der Waals surface area contributed by atoms with Crippen molar-refractivity contribution >= 4 is 15.7 Å². The fourth-order valence-electron chi connectivity index (χ4n) is 0. The zero-order chi connectivity index (χ0) is 9.00. The zero-order valence-electron chi connectivity index (χ0n) is 5.58. The maximum Gasteiger partial charge on any atom is 5.00 e. The Morgan fingerprint density at radius 1 is 0.917 bits per heavy atom. The van der Waals surface area contributed by atoms with Crippen LogP contribution in [0.2, 0.25) is 0 Å². The topological polar surface area (TPSA) is 149 Å². The van der Waals surface area contributed by atoms with E-state index in [1.165, 1.54) is 0 Å². The summed E-state index contributed by atoms with van der Waals surface area (Å²) in [7, 11) is -11.0. The first-order valence-corrected chi connectivity index (χ1v) is 4.34. The molecule has 0 spiro atoms. The van der Waals surface area contributed by atoms with Gasteiger partial charge in [0.15, 0.2) is 0 Å². The van der Waals surface area contributed by atoms with Crippen LogP contribution in [0.25, 0.3) is 0 Å². The Morgan fingerprint density at radius 3 is 0.917 bits per heavy atom. The van der Waals surface area contributed by atoms with Gasteiger partial charge in [-0.05, 0) is 0 Å². The molecule has 12 heteroatoms. The number of halogens is 1. The van der Waals surface area contributed by atoms with Crippen molar-refractivity contribution in [3.63, 3.8) is 0 Å². The second-order valence-corrected chi connectivity index (χ2v) is 2.63. The van der Waals surface area contributed by atoms with Gasteiger partial charge in [-0.1, -0.05) is 0 Å². The number of hydrogen-bond acceptors (Lipinski definition) is 7. The Hall–Kier alpha value is 1.37. The molecule has 0 amide bonds. The Morgan fingerprint density at radius 2 is 0.917 bits per heavy atom. The quantitative estimate of drug-likeness (QED) is 0.306. The van der Waals surface area contributed by atoms with E-state index in [2.05, 4.69) is 0 Å². The third kappa shape index (κ3) is 650. The minimum Gasteiger partial charge on any atom is -0.822 e. The molecule has 0 aromatic carbocycles. The Bertz CT molecular complexity index is 134. The van der Waals surface area contributed by atoms with E-state index in [0.717, 1.165) is 0 Å². The van der Waals surface area contributed by atoms with Crippen molar-refractivity contribution in [3.8, 4) is 0 Å². The van der Waals surface area contributed by atoms with E-state index in [0.29, 0.717) is 0 Å². The summed E-state index contributed by atoms with van der Waals surface area (Å²) in [5.74, 6) is 0. The second kappa shape index (κ2) is 8.95. The number of hydrogen-bond donors (Lipinski definition) is 0. The number of rotatable bonds is 0. The molecule has 12 heavy (non-hydrogen) atoms. The standard InChI is InChI=1S/FH2O3P.Li.H3O4P.V/c1-5(2,3)4;;1-5(2,3)4;/h(H2,2,3,4);;(H3,1,2,3,4);/q;+1;;+5/p-5. The van der Waals surface area contributed by atoms with Crippen LogP contribution in [0.1, 0.15) is 0 Å². The Labute approximate surface area is 91.0 Å². The maximum absolute atomic E-state index is 10.1. The molecule has 0 aromatic rings. The predicted octanol–water partition coefficient (Wildman–Crippen LogP) is -7.04. The van der Waals surface area contributed by atoms with Gasteiger partial charge < -0.3 is 33.6 Å². The van der Waals surface area contributed by atoms with Crippen LogP contribution in [0, 0.1) is 0 Å². The molecular formula is FLiO7P2V+. The Kier molecular flexibility index (Phi) is 17.4. The molecule has 0 aliphatic rings. The minimum absolute atomic E-state index is 0.